The van der Waals surface area contributed by atoms with Gasteiger partial charge in [-0.3, -0.25) is 14.5 Å². The van der Waals surface area contributed by atoms with Gasteiger partial charge in [-0.25, -0.2) is 0 Å². The molecule has 2 amide bonds. The minimum absolute atomic E-state index is 0.133. The Morgan fingerprint density at radius 2 is 1.62 bits per heavy atom. The smallest absolute Gasteiger partial charge is 0.236 e. The molecular formula is C15H25N3O3. The van der Waals surface area contributed by atoms with Crippen LogP contribution in [-0.4, -0.2) is 83.5 Å². The fourth-order valence-electron chi connectivity index (χ4n) is 3.35. The summed E-state index contributed by atoms with van der Waals surface area (Å²) < 4.78 is 0. The number of hydrogen-bond donors (Lipinski definition) is 1. The van der Waals surface area contributed by atoms with Gasteiger partial charge in [-0.2, -0.15) is 0 Å². The van der Waals surface area contributed by atoms with Crippen LogP contribution in [0, 0.1) is 5.92 Å². The summed E-state index contributed by atoms with van der Waals surface area (Å²) in [5, 5.41) is 9.30. The minimum Gasteiger partial charge on any atom is -0.395 e. The highest BCUT2D eigenvalue weighted by molar-refractivity contribution is 5.82. The van der Waals surface area contributed by atoms with E-state index in [1.54, 1.807) is 0 Å². The highest BCUT2D eigenvalue weighted by atomic mass is 16.3. The van der Waals surface area contributed by atoms with Gasteiger partial charge in [-0.15, -0.1) is 0 Å². The molecule has 1 N–H and O–H groups in total. The monoisotopic (exact) mass is 295 g/mol. The molecule has 1 atom stereocenters. The zero-order valence-electron chi connectivity index (χ0n) is 12.5. The van der Waals surface area contributed by atoms with Gasteiger partial charge >= 0.3 is 0 Å². The van der Waals surface area contributed by atoms with Crippen LogP contribution in [0.25, 0.3) is 0 Å². The molecule has 0 aromatic heterocycles. The van der Waals surface area contributed by atoms with E-state index in [9.17, 15) is 14.7 Å². The Hall–Kier alpha value is -1.14. The van der Waals surface area contributed by atoms with Gasteiger partial charge in [0, 0.05) is 38.1 Å². The lowest BCUT2D eigenvalue weighted by atomic mass is 10.2. The van der Waals surface area contributed by atoms with Crippen molar-refractivity contribution in [1.29, 1.82) is 0 Å². The summed E-state index contributed by atoms with van der Waals surface area (Å²) in [5.41, 5.74) is 0. The number of nitrogens with zero attached hydrogens (tertiary/aromatic N) is 3. The van der Waals surface area contributed by atoms with Crippen LogP contribution in [0.15, 0.2) is 0 Å². The number of likely N-dealkylation sites (tertiary alicyclic amines) is 1. The van der Waals surface area contributed by atoms with E-state index < -0.39 is 0 Å². The van der Waals surface area contributed by atoms with Crippen molar-refractivity contribution in [1.82, 2.24) is 14.7 Å². The van der Waals surface area contributed by atoms with Gasteiger partial charge in [0.15, 0.2) is 0 Å². The van der Waals surface area contributed by atoms with E-state index in [2.05, 4.69) is 4.90 Å². The molecule has 2 aliphatic heterocycles. The first-order valence-electron chi connectivity index (χ1n) is 8.10. The molecule has 2 saturated heterocycles. The Morgan fingerprint density at radius 3 is 2.24 bits per heavy atom. The lowest BCUT2D eigenvalue weighted by Gasteiger charge is -2.36. The third-order valence-electron chi connectivity index (χ3n) is 4.92. The van der Waals surface area contributed by atoms with Gasteiger partial charge in [0.05, 0.1) is 13.2 Å². The second kappa shape index (κ2) is 6.32. The van der Waals surface area contributed by atoms with Crippen LogP contribution in [0.3, 0.4) is 0 Å². The number of carbonyl (C=O) groups is 2. The van der Waals surface area contributed by atoms with Crippen LogP contribution in [0.1, 0.15) is 25.7 Å². The maximum atomic E-state index is 12.3. The van der Waals surface area contributed by atoms with Crippen molar-refractivity contribution in [3.05, 3.63) is 0 Å². The molecule has 0 aromatic carbocycles. The lowest BCUT2D eigenvalue weighted by molar-refractivity contribution is -0.141. The van der Waals surface area contributed by atoms with Crippen molar-refractivity contribution >= 4 is 11.8 Å². The predicted molar refractivity (Wildman–Crippen MR) is 77.6 cm³/mol. The Labute approximate surface area is 125 Å². The lowest BCUT2D eigenvalue weighted by Crippen LogP contribution is -2.53. The second-order valence-electron chi connectivity index (χ2n) is 6.43. The molecule has 6 heteroatoms. The van der Waals surface area contributed by atoms with Gasteiger partial charge in [-0.1, -0.05) is 0 Å². The largest absolute Gasteiger partial charge is 0.395 e. The normalized spacial score (nSPS) is 27.2. The number of aliphatic hydroxyl groups excluding tert-OH is 1. The highest BCUT2D eigenvalue weighted by Gasteiger charge is 2.35. The van der Waals surface area contributed by atoms with Crippen LogP contribution < -0.4 is 0 Å². The summed E-state index contributed by atoms with van der Waals surface area (Å²) in [5.74, 6) is 0.679. The first kappa shape index (κ1) is 14.8. The average molecular weight is 295 g/mol. The van der Waals surface area contributed by atoms with Crippen LogP contribution in [-0.2, 0) is 9.59 Å². The van der Waals surface area contributed by atoms with Gasteiger partial charge in [0.1, 0.15) is 0 Å². The molecule has 1 aliphatic carbocycles. The van der Waals surface area contributed by atoms with E-state index in [1.807, 2.05) is 9.80 Å². The summed E-state index contributed by atoms with van der Waals surface area (Å²) in [6, 6.07) is 0.145. The molecule has 118 valence electrons. The number of aliphatic hydroxyl groups is 1. The number of piperazine rings is 1. The molecule has 0 spiro atoms. The van der Waals surface area contributed by atoms with Gasteiger partial charge in [0.25, 0.3) is 0 Å². The summed E-state index contributed by atoms with van der Waals surface area (Å²) in [4.78, 5) is 30.2. The highest BCUT2D eigenvalue weighted by Crippen LogP contribution is 2.31. The molecule has 3 fully saturated rings. The quantitative estimate of drug-likeness (QED) is 0.761. The summed E-state index contributed by atoms with van der Waals surface area (Å²) in [6.45, 7) is 4.08. The molecule has 6 nitrogen and oxygen atoms in total. The van der Waals surface area contributed by atoms with Crippen LogP contribution >= 0.6 is 0 Å². The standard InChI is InChI=1S/C15H25N3O3/c19-11-13-2-1-5-18(13)10-14(20)16-6-8-17(9-7-16)15(21)12-3-4-12/h12-13,19H,1-11H2. The van der Waals surface area contributed by atoms with Gasteiger partial charge in [0.2, 0.25) is 11.8 Å². The summed E-state index contributed by atoms with van der Waals surface area (Å²) in [7, 11) is 0. The Kier molecular flexibility index (Phi) is 4.45. The van der Waals surface area contributed by atoms with Crippen molar-refractivity contribution < 1.29 is 14.7 Å². The number of hydrogen-bond acceptors (Lipinski definition) is 4. The summed E-state index contributed by atoms with van der Waals surface area (Å²) in [6.07, 6.45) is 4.11. The first-order valence-corrected chi connectivity index (χ1v) is 8.10. The summed E-state index contributed by atoms with van der Waals surface area (Å²) >= 11 is 0. The molecule has 3 rings (SSSR count). The van der Waals surface area contributed by atoms with Crippen LogP contribution in [0.5, 0.6) is 0 Å². The molecular weight excluding hydrogens is 270 g/mol. The molecule has 0 bridgehead atoms. The first-order chi connectivity index (χ1) is 10.2. The Morgan fingerprint density at radius 1 is 0.952 bits per heavy atom. The Balaban J connectivity index is 1.45. The zero-order chi connectivity index (χ0) is 14.8. The number of carbonyl (C=O) groups excluding carboxylic acids is 2. The Bertz CT molecular complexity index is 403. The van der Waals surface area contributed by atoms with Crippen LogP contribution in [0.2, 0.25) is 0 Å². The molecule has 1 unspecified atom stereocenters. The van der Waals surface area contributed by atoms with E-state index in [-0.39, 0.29) is 30.4 Å². The zero-order valence-corrected chi connectivity index (χ0v) is 12.5. The molecule has 2 heterocycles. The third kappa shape index (κ3) is 3.37. The second-order valence-corrected chi connectivity index (χ2v) is 6.43. The number of rotatable bonds is 4. The van der Waals surface area contributed by atoms with Crippen molar-refractivity contribution in [2.75, 3.05) is 45.9 Å². The number of amides is 2. The maximum absolute atomic E-state index is 12.3. The van der Waals surface area contributed by atoms with E-state index in [0.717, 1.165) is 32.2 Å². The van der Waals surface area contributed by atoms with E-state index in [4.69, 9.17) is 0 Å². The molecule has 0 aromatic rings. The van der Waals surface area contributed by atoms with Crippen molar-refractivity contribution in [2.24, 2.45) is 5.92 Å². The molecule has 3 aliphatic rings. The average Bonchev–Trinajstić information content (AvgIpc) is 3.27. The van der Waals surface area contributed by atoms with E-state index in [1.165, 1.54) is 0 Å². The van der Waals surface area contributed by atoms with Crippen molar-refractivity contribution in [3.8, 4) is 0 Å². The van der Waals surface area contributed by atoms with E-state index >= 15 is 0 Å². The van der Waals surface area contributed by atoms with Crippen molar-refractivity contribution in [2.45, 2.75) is 31.7 Å². The van der Waals surface area contributed by atoms with Gasteiger partial charge < -0.3 is 14.9 Å². The van der Waals surface area contributed by atoms with Crippen molar-refractivity contribution in [3.63, 3.8) is 0 Å². The maximum Gasteiger partial charge on any atom is 0.236 e. The van der Waals surface area contributed by atoms with Crippen LogP contribution in [0.4, 0.5) is 0 Å². The topological polar surface area (TPSA) is 64.1 Å². The molecule has 1 saturated carbocycles. The van der Waals surface area contributed by atoms with Gasteiger partial charge in [-0.05, 0) is 32.2 Å². The molecule has 21 heavy (non-hydrogen) atoms. The predicted octanol–water partition coefficient (Wildman–Crippen LogP) is -0.476. The third-order valence-corrected chi connectivity index (χ3v) is 4.92. The van der Waals surface area contributed by atoms with E-state index in [0.29, 0.717) is 32.7 Å². The minimum atomic E-state index is 0.133. The fraction of sp³-hybridized carbons (Fsp3) is 0.867. The molecule has 0 radical (unpaired) electrons. The fourth-order valence-corrected chi connectivity index (χ4v) is 3.35. The SMILES string of the molecule is O=C(CN1CCCC1CO)N1CCN(C(=O)C2CC2)CC1.